The zero-order valence-electron chi connectivity index (χ0n) is 9.21. The Morgan fingerprint density at radius 2 is 2.06 bits per heavy atom. The van der Waals surface area contributed by atoms with Crippen molar-refractivity contribution in [3.8, 4) is 0 Å². The van der Waals surface area contributed by atoms with Crippen molar-refractivity contribution in [3.63, 3.8) is 0 Å². The fraction of sp³-hybridized carbons (Fsp3) is 0.889. The summed E-state index contributed by atoms with van der Waals surface area (Å²) in [7, 11) is -5.57. The van der Waals surface area contributed by atoms with Crippen molar-refractivity contribution < 1.29 is 36.0 Å². The second-order valence-corrected chi connectivity index (χ2v) is 5.99. The van der Waals surface area contributed by atoms with Crippen LogP contribution >= 0.6 is 0 Å². The molecule has 3 unspecified atom stereocenters. The molecule has 6 nitrogen and oxygen atoms in total. The number of rotatable bonds is 4. The first-order valence-corrected chi connectivity index (χ1v) is 6.81. The molecule has 2 rings (SSSR count). The zero-order valence-corrected chi connectivity index (χ0v) is 10.0. The van der Waals surface area contributed by atoms with Crippen LogP contribution in [0.3, 0.4) is 0 Å². The molecule has 0 amide bonds. The summed E-state index contributed by atoms with van der Waals surface area (Å²) in [5.74, 6) is -1.43. The Morgan fingerprint density at radius 1 is 1.39 bits per heavy atom. The maximum atomic E-state index is 12.8. The first-order chi connectivity index (χ1) is 8.21. The van der Waals surface area contributed by atoms with Crippen molar-refractivity contribution in [3.05, 3.63) is 0 Å². The first kappa shape index (κ1) is 13.6. The van der Waals surface area contributed by atoms with E-state index in [2.05, 4.69) is 4.74 Å². The highest BCUT2D eigenvalue weighted by Gasteiger charge is 2.48. The topological polar surface area (TPSA) is 93.2 Å². The molecule has 2 aliphatic rings. The third-order valence-corrected chi connectivity index (χ3v) is 3.97. The molecule has 18 heavy (non-hydrogen) atoms. The number of alkyl halides is 2. The van der Waals surface area contributed by atoms with Crippen molar-refractivity contribution in [2.75, 3.05) is 6.61 Å². The van der Waals surface area contributed by atoms with Crippen molar-refractivity contribution in [2.24, 2.45) is 5.92 Å². The molecule has 0 bridgehead atoms. The van der Waals surface area contributed by atoms with Gasteiger partial charge in [0.05, 0.1) is 18.1 Å². The second-order valence-electron chi connectivity index (χ2n) is 4.44. The van der Waals surface area contributed by atoms with Gasteiger partial charge in [-0.1, -0.05) is 0 Å². The molecule has 104 valence electrons. The number of hydrogen-bond acceptors (Lipinski definition) is 5. The van der Waals surface area contributed by atoms with E-state index >= 15 is 0 Å². The monoisotopic (exact) mass is 286 g/mol. The van der Waals surface area contributed by atoms with Crippen LogP contribution in [0.25, 0.3) is 0 Å². The predicted octanol–water partition coefficient (Wildman–Crippen LogP) is 0.578. The highest BCUT2D eigenvalue weighted by atomic mass is 32.2. The molecule has 9 heteroatoms. The Morgan fingerprint density at radius 3 is 2.61 bits per heavy atom. The van der Waals surface area contributed by atoms with Gasteiger partial charge >= 0.3 is 21.3 Å². The summed E-state index contributed by atoms with van der Waals surface area (Å²) < 4.78 is 63.8. The Bertz CT molecular complexity index is 448. The van der Waals surface area contributed by atoms with Crippen molar-refractivity contribution in [1.82, 2.24) is 0 Å². The van der Waals surface area contributed by atoms with Gasteiger partial charge in [-0.05, 0) is 19.3 Å². The van der Waals surface area contributed by atoms with Crippen LogP contribution in [0.1, 0.15) is 19.3 Å². The molecule has 0 aromatic heterocycles. The van der Waals surface area contributed by atoms with Gasteiger partial charge in [0.15, 0.2) is 6.61 Å². The number of ether oxygens (including phenoxy) is 2. The van der Waals surface area contributed by atoms with E-state index in [-0.39, 0.29) is 12.2 Å². The third-order valence-electron chi connectivity index (χ3n) is 3.10. The molecule has 1 heterocycles. The van der Waals surface area contributed by atoms with Gasteiger partial charge in [0.2, 0.25) is 0 Å². The SMILES string of the molecule is O=C(OCC(F)(F)S(=O)(=O)O)C1CCC2OC2C1. The van der Waals surface area contributed by atoms with Gasteiger partial charge in [-0.2, -0.15) is 17.2 Å². The molecule has 0 aromatic carbocycles. The highest BCUT2D eigenvalue weighted by Crippen LogP contribution is 2.39. The normalized spacial score (nSPS) is 31.6. The molecule has 0 aromatic rings. The lowest BCUT2D eigenvalue weighted by molar-refractivity contribution is -0.155. The average Bonchev–Trinajstić information content (AvgIpc) is 3.02. The van der Waals surface area contributed by atoms with Gasteiger partial charge in [-0.3, -0.25) is 9.35 Å². The van der Waals surface area contributed by atoms with E-state index in [1.807, 2.05) is 0 Å². The van der Waals surface area contributed by atoms with E-state index in [4.69, 9.17) is 9.29 Å². The van der Waals surface area contributed by atoms with Crippen LogP contribution in [-0.2, 0) is 24.4 Å². The van der Waals surface area contributed by atoms with E-state index in [0.717, 1.165) is 0 Å². The van der Waals surface area contributed by atoms with Gasteiger partial charge in [-0.25, -0.2) is 0 Å². The summed E-state index contributed by atoms with van der Waals surface area (Å²) in [6, 6.07) is 0. The molecule has 1 saturated carbocycles. The number of fused-ring (bicyclic) bond motifs is 1. The quantitative estimate of drug-likeness (QED) is 0.461. The van der Waals surface area contributed by atoms with Gasteiger partial charge in [0, 0.05) is 0 Å². The van der Waals surface area contributed by atoms with Gasteiger partial charge in [-0.15, -0.1) is 0 Å². The molecular weight excluding hydrogens is 274 g/mol. The van der Waals surface area contributed by atoms with Gasteiger partial charge < -0.3 is 9.47 Å². The molecular formula is C9H12F2O6S. The average molecular weight is 286 g/mol. The minimum Gasteiger partial charge on any atom is -0.458 e. The van der Waals surface area contributed by atoms with Gasteiger partial charge in [0.25, 0.3) is 0 Å². The lowest BCUT2D eigenvalue weighted by Gasteiger charge is -2.19. The highest BCUT2D eigenvalue weighted by molar-refractivity contribution is 7.86. The van der Waals surface area contributed by atoms with Crippen LogP contribution in [0.4, 0.5) is 8.78 Å². The van der Waals surface area contributed by atoms with Crippen LogP contribution in [0, 0.1) is 5.92 Å². The molecule has 0 spiro atoms. The summed E-state index contributed by atoms with van der Waals surface area (Å²) in [5.41, 5.74) is 0. The zero-order chi connectivity index (χ0) is 13.6. The van der Waals surface area contributed by atoms with E-state index in [9.17, 15) is 22.0 Å². The van der Waals surface area contributed by atoms with E-state index in [0.29, 0.717) is 19.3 Å². The largest absolute Gasteiger partial charge is 0.458 e. The van der Waals surface area contributed by atoms with Crippen molar-refractivity contribution in [2.45, 2.75) is 36.7 Å². The number of carbonyl (C=O) groups is 1. The molecule has 2 fully saturated rings. The fourth-order valence-corrected chi connectivity index (χ4v) is 2.17. The van der Waals surface area contributed by atoms with Crippen LogP contribution in [0.15, 0.2) is 0 Å². The fourth-order valence-electron chi connectivity index (χ4n) is 1.97. The predicted molar refractivity (Wildman–Crippen MR) is 53.5 cm³/mol. The van der Waals surface area contributed by atoms with E-state index in [1.165, 1.54) is 0 Å². The minimum absolute atomic E-state index is 0.0154. The Kier molecular flexibility index (Phi) is 3.32. The van der Waals surface area contributed by atoms with Crippen LogP contribution in [-0.4, -0.2) is 43.0 Å². The second kappa shape index (κ2) is 4.39. The minimum atomic E-state index is -5.57. The van der Waals surface area contributed by atoms with Crippen LogP contribution in [0.2, 0.25) is 0 Å². The molecule has 1 saturated heterocycles. The van der Waals surface area contributed by atoms with Crippen LogP contribution in [0.5, 0.6) is 0 Å². The number of esters is 1. The van der Waals surface area contributed by atoms with E-state index < -0.39 is 33.9 Å². The molecule has 1 N–H and O–H groups in total. The Labute approximate surface area is 102 Å². The summed E-state index contributed by atoms with van der Waals surface area (Å²) in [6.07, 6.45) is 1.68. The molecule has 0 radical (unpaired) electrons. The maximum Gasteiger partial charge on any atom is 0.402 e. The number of hydrogen-bond donors (Lipinski definition) is 1. The van der Waals surface area contributed by atoms with Crippen molar-refractivity contribution in [1.29, 1.82) is 0 Å². The molecule has 1 aliphatic heterocycles. The number of carbonyl (C=O) groups excluding carboxylic acids is 1. The summed E-state index contributed by atoms with van der Waals surface area (Å²) in [4.78, 5) is 11.4. The summed E-state index contributed by atoms with van der Waals surface area (Å²) in [5, 5.41) is -4.48. The third kappa shape index (κ3) is 2.78. The number of epoxide rings is 1. The maximum absolute atomic E-state index is 12.8. The smallest absolute Gasteiger partial charge is 0.402 e. The summed E-state index contributed by atoms with van der Waals surface area (Å²) in [6.45, 7) is -1.67. The lowest BCUT2D eigenvalue weighted by Crippen LogP contribution is -2.36. The lowest BCUT2D eigenvalue weighted by atomic mass is 9.89. The molecule has 1 aliphatic carbocycles. The summed E-state index contributed by atoms with van der Waals surface area (Å²) >= 11 is 0. The first-order valence-electron chi connectivity index (χ1n) is 5.37. The van der Waals surface area contributed by atoms with Gasteiger partial charge in [0.1, 0.15) is 0 Å². The van der Waals surface area contributed by atoms with Crippen molar-refractivity contribution >= 4 is 16.1 Å². The standard InChI is InChI=1S/C9H12F2O6S/c10-9(11,18(13,14)15)4-16-8(12)5-1-2-6-7(3-5)17-6/h5-7H,1-4H2,(H,13,14,15). The van der Waals surface area contributed by atoms with E-state index in [1.54, 1.807) is 0 Å². The van der Waals surface area contributed by atoms with Crippen LogP contribution < -0.4 is 0 Å². The Balaban J connectivity index is 1.84. The number of halogens is 2. The Hall–Kier alpha value is -0.800. The molecule has 3 atom stereocenters.